The first-order valence-electron chi connectivity index (χ1n) is 12.7. The van der Waals surface area contributed by atoms with Gasteiger partial charge < -0.3 is 14.5 Å². The number of likely N-dealkylation sites (tertiary alicyclic amines) is 1. The minimum absolute atomic E-state index is 0.0268. The Morgan fingerprint density at radius 2 is 1.90 bits per heavy atom. The monoisotopic (exact) mass is 554 g/mol. The van der Waals surface area contributed by atoms with Crippen molar-refractivity contribution in [2.75, 3.05) is 35.9 Å². The minimum Gasteiger partial charge on any atom is -0.462 e. The van der Waals surface area contributed by atoms with E-state index in [1.165, 1.54) is 6.07 Å². The first-order valence-corrected chi connectivity index (χ1v) is 14.2. The van der Waals surface area contributed by atoms with Crippen LogP contribution in [-0.4, -0.2) is 62.3 Å². The third kappa shape index (κ3) is 6.83. The second kappa shape index (κ2) is 12.1. The number of aromatic nitrogens is 1. The zero-order valence-electron chi connectivity index (χ0n) is 21.6. The van der Waals surface area contributed by atoms with E-state index in [-0.39, 0.29) is 30.2 Å². The van der Waals surface area contributed by atoms with Crippen LogP contribution in [0.15, 0.2) is 36.4 Å². The number of piperidine rings is 1. The molecular weight excluding hydrogens is 524 g/mol. The number of carbonyl (C=O) groups is 3. The number of nitrogens with zero attached hydrogens (tertiary/aromatic N) is 4. The molecule has 0 atom stereocenters. The molecule has 2 amide bonds. The van der Waals surface area contributed by atoms with Crippen LogP contribution in [0.5, 0.6) is 0 Å². The SMILES string of the molecule is CCOC(=O)c1cc(C#N)c(N2CCC(C(=O)NS(=O)(=O)Nc3ccccc3)CC2)nc1CN1CCCC1=O. The molecule has 0 spiro atoms. The second-order valence-electron chi connectivity index (χ2n) is 9.30. The van der Waals surface area contributed by atoms with E-state index in [4.69, 9.17) is 4.74 Å². The molecule has 0 radical (unpaired) electrons. The van der Waals surface area contributed by atoms with Crippen LogP contribution in [0.4, 0.5) is 11.5 Å². The Labute approximate surface area is 227 Å². The quantitative estimate of drug-likeness (QED) is 0.441. The van der Waals surface area contributed by atoms with E-state index in [2.05, 4.69) is 20.5 Å². The van der Waals surface area contributed by atoms with E-state index >= 15 is 0 Å². The molecule has 2 aromatic rings. The molecule has 206 valence electrons. The lowest BCUT2D eigenvalue weighted by atomic mass is 9.96. The number of esters is 1. The third-order valence-electron chi connectivity index (χ3n) is 6.64. The summed E-state index contributed by atoms with van der Waals surface area (Å²) in [6, 6.07) is 11.8. The summed E-state index contributed by atoms with van der Waals surface area (Å²) in [4.78, 5) is 45.7. The van der Waals surface area contributed by atoms with Gasteiger partial charge in [0, 0.05) is 32.0 Å². The summed E-state index contributed by atoms with van der Waals surface area (Å²) in [5.74, 6) is -1.46. The van der Waals surface area contributed by atoms with Gasteiger partial charge in [-0.05, 0) is 44.4 Å². The Hall–Kier alpha value is -4.18. The predicted octanol–water partition coefficient (Wildman–Crippen LogP) is 1.94. The Morgan fingerprint density at radius 1 is 1.18 bits per heavy atom. The van der Waals surface area contributed by atoms with E-state index in [9.17, 15) is 28.1 Å². The van der Waals surface area contributed by atoms with Gasteiger partial charge in [0.25, 0.3) is 0 Å². The largest absolute Gasteiger partial charge is 0.462 e. The van der Waals surface area contributed by atoms with Gasteiger partial charge in [-0.1, -0.05) is 18.2 Å². The summed E-state index contributed by atoms with van der Waals surface area (Å²) in [6.45, 7) is 3.19. The number of anilines is 2. The molecular formula is C26H30N6O6S. The highest BCUT2D eigenvalue weighted by Crippen LogP contribution is 2.28. The van der Waals surface area contributed by atoms with Crippen molar-refractivity contribution in [1.29, 1.82) is 5.26 Å². The van der Waals surface area contributed by atoms with Crippen LogP contribution in [0.2, 0.25) is 0 Å². The number of rotatable bonds is 9. The van der Waals surface area contributed by atoms with Crippen molar-refractivity contribution < 1.29 is 27.5 Å². The van der Waals surface area contributed by atoms with E-state index in [1.807, 2.05) is 4.90 Å². The molecule has 4 rings (SSSR count). The number of nitrogens with one attached hydrogen (secondary N) is 2. The summed E-state index contributed by atoms with van der Waals surface area (Å²) < 4.78 is 34.3. The number of para-hydroxylation sites is 1. The number of hydrogen-bond donors (Lipinski definition) is 2. The topological polar surface area (TPSA) is 162 Å². The molecule has 39 heavy (non-hydrogen) atoms. The molecule has 0 unspecified atom stereocenters. The molecule has 2 saturated heterocycles. The van der Waals surface area contributed by atoms with E-state index in [0.29, 0.717) is 56.1 Å². The van der Waals surface area contributed by atoms with E-state index < -0.39 is 28.0 Å². The smallest absolute Gasteiger partial charge is 0.340 e. The van der Waals surface area contributed by atoms with Gasteiger partial charge >= 0.3 is 16.2 Å². The lowest BCUT2D eigenvalue weighted by Crippen LogP contribution is -2.44. The summed E-state index contributed by atoms with van der Waals surface area (Å²) in [6.07, 6.45) is 1.82. The summed E-state index contributed by atoms with van der Waals surface area (Å²) in [7, 11) is -4.09. The van der Waals surface area contributed by atoms with Crippen LogP contribution in [0.3, 0.4) is 0 Å². The summed E-state index contributed by atoms with van der Waals surface area (Å²) >= 11 is 0. The van der Waals surface area contributed by atoms with Crippen LogP contribution in [0, 0.1) is 17.2 Å². The fraction of sp³-hybridized carbons (Fsp3) is 0.423. The van der Waals surface area contributed by atoms with Gasteiger partial charge in [-0.25, -0.2) is 14.5 Å². The van der Waals surface area contributed by atoms with Crippen molar-refractivity contribution >= 4 is 39.5 Å². The highest BCUT2D eigenvalue weighted by molar-refractivity contribution is 7.91. The van der Waals surface area contributed by atoms with Crippen molar-refractivity contribution in [3.63, 3.8) is 0 Å². The fourth-order valence-electron chi connectivity index (χ4n) is 4.68. The van der Waals surface area contributed by atoms with Crippen molar-refractivity contribution in [3.05, 3.63) is 53.2 Å². The second-order valence-corrected chi connectivity index (χ2v) is 10.7. The van der Waals surface area contributed by atoms with Crippen LogP contribution in [0.25, 0.3) is 0 Å². The molecule has 0 saturated carbocycles. The van der Waals surface area contributed by atoms with Gasteiger partial charge in [0.15, 0.2) is 0 Å². The highest BCUT2D eigenvalue weighted by Gasteiger charge is 2.31. The number of hydrogen-bond acceptors (Lipinski definition) is 9. The Kier molecular flexibility index (Phi) is 8.65. The van der Waals surface area contributed by atoms with Crippen molar-refractivity contribution in [1.82, 2.24) is 14.6 Å². The molecule has 13 heteroatoms. The lowest BCUT2D eigenvalue weighted by molar-refractivity contribution is -0.128. The maximum absolute atomic E-state index is 12.7. The average molecular weight is 555 g/mol. The van der Waals surface area contributed by atoms with Gasteiger partial charge in [-0.3, -0.25) is 14.3 Å². The summed E-state index contributed by atoms with van der Waals surface area (Å²) in [5, 5.41) is 9.82. The third-order valence-corrected chi connectivity index (χ3v) is 7.61. The zero-order valence-corrected chi connectivity index (χ0v) is 22.4. The van der Waals surface area contributed by atoms with Crippen molar-refractivity contribution in [2.24, 2.45) is 5.92 Å². The van der Waals surface area contributed by atoms with Crippen molar-refractivity contribution in [3.8, 4) is 6.07 Å². The number of ether oxygens (including phenoxy) is 1. The molecule has 2 aliphatic rings. The Balaban J connectivity index is 1.48. The fourth-order valence-corrected chi connectivity index (χ4v) is 5.61. The van der Waals surface area contributed by atoms with Crippen LogP contribution in [0.1, 0.15) is 54.2 Å². The highest BCUT2D eigenvalue weighted by atomic mass is 32.2. The van der Waals surface area contributed by atoms with Gasteiger partial charge in [-0.2, -0.15) is 13.7 Å². The molecule has 2 aliphatic heterocycles. The van der Waals surface area contributed by atoms with Gasteiger partial charge in [0.1, 0.15) is 11.9 Å². The first kappa shape index (κ1) is 27.8. The number of nitriles is 1. The Bertz CT molecular complexity index is 1380. The standard InChI is InChI=1S/C26H30N6O6S/c1-2-38-26(35)21-15-19(16-27)24(28-22(21)17-32-12-6-9-23(32)33)31-13-10-18(11-14-31)25(34)30-39(36,37)29-20-7-4-3-5-8-20/h3-5,7-8,15,18,29H,2,6,9-14,17H2,1H3,(H,30,34). The molecule has 3 heterocycles. The molecule has 2 fully saturated rings. The number of carbonyl (C=O) groups excluding carboxylic acids is 3. The van der Waals surface area contributed by atoms with E-state index in [1.54, 1.807) is 42.2 Å². The summed E-state index contributed by atoms with van der Waals surface area (Å²) in [5.41, 5.74) is 0.991. The first-order chi connectivity index (χ1) is 18.7. The number of benzene rings is 1. The molecule has 2 N–H and O–H groups in total. The van der Waals surface area contributed by atoms with Crippen LogP contribution < -0.4 is 14.3 Å². The van der Waals surface area contributed by atoms with E-state index in [0.717, 1.165) is 6.42 Å². The molecule has 0 bridgehead atoms. The van der Waals surface area contributed by atoms with Gasteiger partial charge in [0.05, 0.1) is 35.7 Å². The van der Waals surface area contributed by atoms with Crippen LogP contribution in [-0.2, 0) is 31.1 Å². The number of amides is 2. The van der Waals surface area contributed by atoms with Gasteiger partial charge in [-0.15, -0.1) is 0 Å². The lowest BCUT2D eigenvalue weighted by Gasteiger charge is -2.33. The van der Waals surface area contributed by atoms with Crippen LogP contribution >= 0.6 is 0 Å². The maximum atomic E-state index is 12.7. The normalized spacial score (nSPS) is 16.1. The van der Waals surface area contributed by atoms with Crippen molar-refractivity contribution in [2.45, 2.75) is 39.2 Å². The Morgan fingerprint density at radius 3 is 2.51 bits per heavy atom. The molecule has 1 aromatic carbocycles. The number of pyridine rings is 1. The predicted molar refractivity (Wildman–Crippen MR) is 142 cm³/mol. The molecule has 1 aromatic heterocycles. The average Bonchev–Trinajstić information content (AvgIpc) is 3.32. The van der Waals surface area contributed by atoms with Gasteiger partial charge in [0.2, 0.25) is 11.8 Å². The molecule has 12 nitrogen and oxygen atoms in total. The molecule has 0 aliphatic carbocycles. The zero-order chi connectivity index (χ0) is 28.0. The minimum atomic E-state index is -4.09. The maximum Gasteiger partial charge on any atom is 0.340 e.